The van der Waals surface area contributed by atoms with Crippen LogP contribution in [-0.4, -0.2) is 19.7 Å². The Bertz CT molecular complexity index is 691. The molecule has 5 nitrogen and oxygen atoms in total. The topological polar surface area (TPSA) is 69.6 Å². The highest BCUT2D eigenvalue weighted by Gasteiger charge is 2.08. The molecule has 0 saturated heterocycles. The Hall–Kier alpha value is -1.95. The van der Waals surface area contributed by atoms with Gasteiger partial charge in [-0.15, -0.1) is 0 Å². The summed E-state index contributed by atoms with van der Waals surface area (Å²) in [4.78, 5) is 8.75. The van der Waals surface area contributed by atoms with Gasteiger partial charge in [0.2, 0.25) is 0 Å². The Morgan fingerprint density at radius 1 is 1.12 bits per heavy atom. The van der Waals surface area contributed by atoms with E-state index in [1.807, 2.05) is 24.3 Å². The Labute approximate surface area is 105 Å². The fraction of sp³-hybridized carbons (Fsp3) is 0. The van der Waals surface area contributed by atoms with Crippen molar-refractivity contribution in [1.29, 1.82) is 0 Å². The SMILES string of the molecule is Nc1nc2ccccc2nc1-n1cc(Br)cn1. The van der Waals surface area contributed by atoms with Crippen molar-refractivity contribution in [2.45, 2.75) is 0 Å². The summed E-state index contributed by atoms with van der Waals surface area (Å²) in [5.74, 6) is 0.897. The van der Waals surface area contributed by atoms with Crippen LogP contribution in [0.1, 0.15) is 0 Å². The van der Waals surface area contributed by atoms with Crippen LogP contribution >= 0.6 is 15.9 Å². The molecule has 0 aliphatic heterocycles. The summed E-state index contributed by atoms with van der Waals surface area (Å²) in [5.41, 5.74) is 7.45. The van der Waals surface area contributed by atoms with Crippen molar-refractivity contribution in [3.05, 3.63) is 41.1 Å². The van der Waals surface area contributed by atoms with Crippen LogP contribution in [0.5, 0.6) is 0 Å². The quantitative estimate of drug-likeness (QED) is 0.745. The molecule has 6 heteroatoms. The van der Waals surface area contributed by atoms with E-state index in [0.717, 1.165) is 15.5 Å². The highest BCUT2D eigenvalue weighted by atomic mass is 79.9. The van der Waals surface area contributed by atoms with E-state index in [-0.39, 0.29) is 0 Å². The highest BCUT2D eigenvalue weighted by Crippen LogP contribution is 2.18. The minimum absolute atomic E-state index is 0.360. The predicted octanol–water partition coefficient (Wildman–Crippen LogP) is 2.16. The maximum absolute atomic E-state index is 5.88. The van der Waals surface area contributed by atoms with Crippen LogP contribution < -0.4 is 5.73 Å². The molecular formula is C11H8BrN5. The Kier molecular flexibility index (Phi) is 2.29. The number of benzene rings is 1. The van der Waals surface area contributed by atoms with Crippen molar-refractivity contribution >= 4 is 32.8 Å². The normalized spacial score (nSPS) is 10.9. The number of hydrogen-bond donors (Lipinski definition) is 1. The van der Waals surface area contributed by atoms with Gasteiger partial charge in [-0.2, -0.15) is 5.10 Å². The van der Waals surface area contributed by atoms with Gasteiger partial charge in [0.05, 0.1) is 21.7 Å². The minimum Gasteiger partial charge on any atom is -0.381 e. The molecule has 2 heterocycles. The van der Waals surface area contributed by atoms with E-state index >= 15 is 0 Å². The molecule has 0 aliphatic rings. The molecule has 0 amide bonds. The van der Waals surface area contributed by atoms with Gasteiger partial charge in [0, 0.05) is 6.20 Å². The van der Waals surface area contributed by atoms with Gasteiger partial charge in [-0.3, -0.25) is 0 Å². The summed E-state index contributed by atoms with van der Waals surface area (Å²) in [6.45, 7) is 0. The van der Waals surface area contributed by atoms with Crippen molar-refractivity contribution < 1.29 is 0 Å². The van der Waals surface area contributed by atoms with Gasteiger partial charge in [0.15, 0.2) is 11.6 Å². The zero-order valence-electron chi connectivity index (χ0n) is 8.71. The van der Waals surface area contributed by atoms with Crippen LogP contribution in [0.3, 0.4) is 0 Å². The van der Waals surface area contributed by atoms with Gasteiger partial charge < -0.3 is 5.73 Å². The van der Waals surface area contributed by atoms with Crippen molar-refractivity contribution in [1.82, 2.24) is 19.7 Å². The van der Waals surface area contributed by atoms with Crippen LogP contribution in [0, 0.1) is 0 Å². The lowest BCUT2D eigenvalue weighted by molar-refractivity contribution is 0.850. The number of para-hydroxylation sites is 2. The van der Waals surface area contributed by atoms with Crippen LogP contribution in [-0.2, 0) is 0 Å². The Morgan fingerprint density at radius 3 is 2.47 bits per heavy atom. The van der Waals surface area contributed by atoms with Gasteiger partial charge in [0.25, 0.3) is 0 Å². The molecule has 3 rings (SSSR count). The van der Waals surface area contributed by atoms with Gasteiger partial charge in [-0.1, -0.05) is 12.1 Å². The molecule has 84 valence electrons. The zero-order chi connectivity index (χ0) is 11.8. The van der Waals surface area contributed by atoms with Crippen molar-refractivity contribution in [3.8, 4) is 5.82 Å². The van der Waals surface area contributed by atoms with Crippen molar-refractivity contribution in [3.63, 3.8) is 0 Å². The first-order valence-corrected chi connectivity index (χ1v) is 5.76. The van der Waals surface area contributed by atoms with Crippen LogP contribution in [0.2, 0.25) is 0 Å². The Balaban J connectivity index is 2.26. The van der Waals surface area contributed by atoms with E-state index in [2.05, 4.69) is 31.0 Å². The minimum atomic E-state index is 0.360. The van der Waals surface area contributed by atoms with E-state index in [1.165, 1.54) is 0 Å². The maximum Gasteiger partial charge on any atom is 0.197 e. The average molecular weight is 290 g/mol. The molecular weight excluding hydrogens is 282 g/mol. The first-order valence-electron chi connectivity index (χ1n) is 4.97. The number of halogens is 1. The number of rotatable bonds is 1. The first kappa shape index (κ1) is 10.2. The lowest BCUT2D eigenvalue weighted by Crippen LogP contribution is -2.05. The van der Waals surface area contributed by atoms with E-state index in [1.54, 1.807) is 17.1 Å². The number of nitrogens with two attached hydrogens (primary N) is 1. The van der Waals surface area contributed by atoms with Gasteiger partial charge >= 0.3 is 0 Å². The van der Waals surface area contributed by atoms with Crippen LogP contribution in [0.4, 0.5) is 5.82 Å². The smallest absolute Gasteiger partial charge is 0.197 e. The zero-order valence-corrected chi connectivity index (χ0v) is 10.3. The number of hydrogen-bond acceptors (Lipinski definition) is 4. The van der Waals surface area contributed by atoms with Gasteiger partial charge in [0.1, 0.15) is 0 Å². The summed E-state index contributed by atoms with van der Waals surface area (Å²) >= 11 is 3.33. The Morgan fingerprint density at radius 2 is 1.82 bits per heavy atom. The molecule has 0 spiro atoms. The third-order valence-corrected chi connectivity index (χ3v) is 2.76. The number of nitrogens with zero attached hydrogens (tertiary/aromatic N) is 4. The number of anilines is 1. The van der Waals surface area contributed by atoms with E-state index < -0.39 is 0 Å². The van der Waals surface area contributed by atoms with Crippen LogP contribution in [0.15, 0.2) is 41.1 Å². The largest absolute Gasteiger partial charge is 0.381 e. The molecule has 0 bridgehead atoms. The number of aromatic nitrogens is 4. The molecule has 0 radical (unpaired) electrons. The highest BCUT2D eigenvalue weighted by molar-refractivity contribution is 9.10. The second-order valence-corrected chi connectivity index (χ2v) is 4.44. The summed E-state index contributed by atoms with van der Waals surface area (Å²) < 4.78 is 2.46. The second kappa shape index (κ2) is 3.81. The third kappa shape index (κ3) is 1.76. The third-order valence-electron chi connectivity index (χ3n) is 2.35. The van der Waals surface area contributed by atoms with E-state index in [4.69, 9.17) is 5.73 Å². The number of fused-ring (bicyclic) bond motifs is 1. The summed E-state index contributed by atoms with van der Waals surface area (Å²) in [5, 5.41) is 4.14. The van der Waals surface area contributed by atoms with E-state index in [0.29, 0.717) is 11.6 Å². The van der Waals surface area contributed by atoms with Crippen molar-refractivity contribution in [2.24, 2.45) is 0 Å². The fourth-order valence-corrected chi connectivity index (χ4v) is 1.88. The van der Waals surface area contributed by atoms with E-state index in [9.17, 15) is 0 Å². The molecule has 0 atom stereocenters. The molecule has 0 fully saturated rings. The molecule has 17 heavy (non-hydrogen) atoms. The lowest BCUT2D eigenvalue weighted by Gasteiger charge is -2.05. The van der Waals surface area contributed by atoms with Crippen molar-refractivity contribution in [2.75, 3.05) is 5.73 Å². The fourth-order valence-electron chi connectivity index (χ4n) is 1.59. The first-order chi connectivity index (χ1) is 8.24. The molecule has 0 aliphatic carbocycles. The van der Waals surface area contributed by atoms with Crippen LogP contribution in [0.25, 0.3) is 16.9 Å². The van der Waals surface area contributed by atoms with Gasteiger partial charge in [-0.05, 0) is 28.1 Å². The number of nitrogen functional groups attached to an aromatic ring is 1. The molecule has 1 aromatic carbocycles. The summed E-state index contributed by atoms with van der Waals surface area (Å²) in [7, 11) is 0. The monoisotopic (exact) mass is 289 g/mol. The summed E-state index contributed by atoms with van der Waals surface area (Å²) in [6.07, 6.45) is 3.46. The summed E-state index contributed by atoms with van der Waals surface area (Å²) in [6, 6.07) is 7.59. The molecule has 0 unspecified atom stereocenters. The molecule has 0 saturated carbocycles. The second-order valence-electron chi connectivity index (χ2n) is 3.52. The van der Waals surface area contributed by atoms with Gasteiger partial charge in [-0.25, -0.2) is 14.6 Å². The maximum atomic E-state index is 5.88. The lowest BCUT2D eigenvalue weighted by atomic mass is 10.3. The standard InChI is InChI=1S/C11H8BrN5/c12-7-5-14-17(6-7)11-10(13)15-8-3-1-2-4-9(8)16-11/h1-6H,(H2,13,15). The molecule has 2 aromatic heterocycles. The molecule has 2 N–H and O–H groups in total. The molecule has 3 aromatic rings. The predicted molar refractivity (Wildman–Crippen MR) is 68.8 cm³/mol. The average Bonchev–Trinajstić information content (AvgIpc) is 2.75.